The van der Waals surface area contributed by atoms with Gasteiger partial charge in [0.05, 0.1) is 23.9 Å². The van der Waals surface area contributed by atoms with Gasteiger partial charge in [-0.15, -0.1) is 0 Å². The van der Waals surface area contributed by atoms with E-state index in [1.54, 1.807) is 41.3 Å². The van der Waals surface area contributed by atoms with E-state index >= 15 is 0 Å². The Morgan fingerprint density at radius 3 is 2.75 bits per heavy atom. The van der Waals surface area contributed by atoms with Crippen LogP contribution in [0.15, 0.2) is 60.3 Å². The maximum Gasteiger partial charge on any atom is 0.279 e. The molecule has 7 nitrogen and oxygen atoms in total. The van der Waals surface area contributed by atoms with Gasteiger partial charge in [0.25, 0.3) is 10.0 Å². The molecule has 0 saturated heterocycles. The number of H-pyrrole nitrogens is 1. The lowest BCUT2D eigenvalue weighted by molar-refractivity contribution is 0.598. The highest BCUT2D eigenvalue weighted by Gasteiger charge is 2.17. The molecule has 20 heavy (non-hydrogen) atoms. The summed E-state index contributed by atoms with van der Waals surface area (Å²) in [5, 5.41) is 4.11. The first-order chi connectivity index (χ1) is 9.67. The van der Waals surface area contributed by atoms with Crippen LogP contribution >= 0.6 is 0 Å². The van der Waals surface area contributed by atoms with Gasteiger partial charge < -0.3 is 4.98 Å². The van der Waals surface area contributed by atoms with Crippen LogP contribution in [0.2, 0.25) is 0 Å². The molecule has 0 aliphatic carbocycles. The average molecular weight is 289 g/mol. The van der Waals surface area contributed by atoms with Crippen LogP contribution in [-0.4, -0.2) is 28.2 Å². The molecule has 3 aromatic rings. The first-order valence-electron chi connectivity index (χ1n) is 5.77. The molecular weight excluding hydrogens is 278 g/mol. The van der Waals surface area contributed by atoms with Crippen LogP contribution in [0.4, 0.5) is 5.69 Å². The summed E-state index contributed by atoms with van der Waals surface area (Å²) in [5.41, 5.74) is 1.08. The van der Waals surface area contributed by atoms with Crippen LogP contribution in [0.5, 0.6) is 0 Å². The highest BCUT2D eigenvalue weighted by molar-refractivity contribution is 7.92. The number of benzene rings is 1. The van der Waals surface area contributed by atoms with Crippen LogP contribution < -0.4 is 4.72 Å². The Balaban J connectivity index is 2.00. The van der Waals surface area contributed by atoms with Gasteiger partial charge in [0, 0.05) is 12.4 Å². The number of hydrogen-bond acceptors (Lipinski definition) is 4. The number of para-hydroxylation sites is 2. The SMILES string of the molecule is O=S(=O)(Nc1ccccc1-n1cccn1)c1cnc[nH]1. The molecule has 0 aliphatic rings. The molecule has 102 valence electrons. The van der Waals surface area contributed by atoms with Crippen molar-refractivity contribution in [2.24, 2.45) is 0 Å². The van der Waals surface area contributed by atoms with E-state index in [2.05, 4.69) is 19.8 Å². The number of rotatable bonds is 4. The average Bonchev–Trinajstić information content (AvgIpc) is 3.13. The quantitative estimate of drug-likeness (QED) is 0.759. The number of nitrogens with one attached hydrogen (secondary N) is 2. The number of nitrogens with zero attached hydrogens (tertiary/aromatic N) is 3. The normalized spacial score (nSPS) is 11.4. The van der Waals surface area contributed by atoms with E-state index in [1.165, 1.54) is 12.5 Å². The molecule has 0 bridgehead atoms. The molecule has 0 aliphatic heterocycles. The summed E-state index contributed by atoms with van der Waals surface area (Å²) in [4.78, 5) is 6.28. The summed E-state index contributed by atoms with van der Waals surface area (Å²) >= 11 is 0. The summed E-state index contributed by atoms with van der Waals surface area (Å²) in [6.45, 7) is 0. The van der Waals surface area contributed by atoms with E-state index in [0.29, 0.717) is 11.4 Å². The van der Waals surface area contributed by atoms with Gasteiger partial charge in [-0.3, -0.25) is 4.72 Å². The minimum atomic E-state index is -3.69. The zero-order valence-electron chi connectivity index (χ0n) is 10.3. The maximum atomic E-state index is 12.2. The van der Waals surface area contributed by atoms with Gasteiger partial charge >= 0.3 is 0 Å². The highest BCUT2D eigenvalue weighted by Crippen LogP contribution is 2.21. The molecule has 0 spiro atoms. The lowest BCUT2D eigenvalue weighted by atomic mass is 10.3. The van der Waals surface area contributed by atoms with Gasteiger partial charge in [0.15, 0.2) is 5.03 Å². The molecule has 8 heteroatoms. The molecule has 0 atom stereocenters. The number of sulfonamides is 1. The maximum absolute atomic E-state index is 12.2. The standard InChI is InChI=1S/C12H11N5O2S/c18-20(19,12-8-13-9-14-12)16-10-4-1-2-5-11(10)17-7-3-6-15-17/h1-9,16H,(H,13,14). The number of anilines is 1. The molecule has 2 N–H and O–H groups in total. The minimum Gasteiger partial charge on any atom is -0.334 e. The first kappa shape index (κ1) is 12.4. The Morgan fingerprint density at radius 2 is 2.05 bits per heavy atom. The molecule has 2 aromatic heterocycles. The van der Waals surface area contributed by atoms with Crippen molar-refractivity contribution >= 4 is 15.7 Å². The van der Waals surface area contributed by atoms with Crippen molar-refractivity contribution in [2.75, 3.05) is 4.72 Å². The lowest BCUT2D eigenvalue weighted by Crippen LogP contribution is -2.15. The van der Waals surface area contributed by atoms with Crippen molar-refractivity contribution in [1.82, 2.24) is 19.7 Å². The molecule has 1 aromatic carbocycles. The summed E-state index contributed by atoms with van der Waals surface area (Å²) in [6, 6.07) is 8.77. The van der Waals surface area contributed by atoms with Crippen molar-refractivity contribution < 1.29 is 8.42 Å². The summed E-state index contributed by atoms with van der Waals surface area (Å²) < 4.78 is 28.5. The van der Waals surface area contributed by atoms with E-state index in [9.17, 15) is 8.42 Å². The highest BCUT2D eigenvalue weighted by atomic mass is 32.2. The van der Waals surface area contributed by atoms with E-state index in [-0.39, 0.29) is 5.03 Å². The second-order valence-corrected chi connectivity index (χ2v) is 5.64. The zero-order valence-corrected chi connectivity index (χ0v) is 11.1. The Morgan fingerprint density at radius 1 is 1.20 bits per heavy atom. The van der Waals surface area contributed by atoms with E-state index in [4.69, 9.17) is 0 Å². The van der Waals surface area contributed by atoms with Gasteiger partial charge in [-0.25, -0.2) is 9.67 Å². The molecule has 0 saturated carbocycles. The van der Waals surface area contributed by atoms with Crippen molar-refractivity contribution in [3.05, 3.63) is 55.2 Å². The lowest BCUT2D eigenvalue weighted by Gasteiger charge is -2.11. The monoisotopic (exact) mass is 289 g/mol. The zero-order chi connectivity index (χ0) is 14.0. The van der Waals surface area contributed by atoms with Crippen LogP contribution in [0.1, 0.15) is 0 Å². The number of hydrogen-bond donors (Lipinski definition) is 2. The Hall–Kier alpha value is -2.61. The molecule has 0 radical (unpaired) electrons. The van der Waals surface area contributed by atoms with Crippen LogP contribution in [0.3, 0.4) is 0 Å². The third-order valence-corrected chi connectivity index (χ3v) is 3.95. The summed E-state index contributed by atoms with van der Waals surface area (Å²) in [7, 11) is -3.69. The van der Waals surface area contributed by atoms with Crippen molar-refractivity contribution in [3.8, 4) is 5.69 Å². The predicted octanol–water partition coefficient (Wildman–Crippen LogP) is 1.40. The largest absolute Gasteiger partial charge is 0.334 e. The topological polar surface area (TPSA) is 92.7 Å². The molecule has 0 unspecified atom stereocenters. The Bertz CT molecular complexity index is 794. The molecule has 3 rings (SSSR count). The molecule has 2 heterocycles. The fourth-order valence-corrected chi connectivity index (χ4v) is 2.74. The van der Waals surface area contributed by atoms with Crippen LogP contribution in [0, 0.1) is 0 Å². The third-order valence-electron chi connectivity index (χ3n) is 2.66. The van der Waals surface area contributed by atoms with E-state index in [0.717, 1.165) is 0 Å². The number of aromatic nitrogens is 4. The van der Waals surface area contributed by atoms with Gasteiger partial charge in [0.2, 0.25) is 0 Å². The van der Waals surface area contributed by atoms with Gasteiger partial charge in [0.1, 0.15) is 0 Å². The summed E-state index contributed by atoms with van der Waals surface area (Å²) in [5.74, 6) is 0. The summed E-state index contributed by atoms with van der Waals surface area (Å²) in [6.07, 6.45) is 5.93. The first-order valence-corrected chi connectivity index (χ1v) is 7.25. The fraction of sp³-hybridized carbons (Fsp3) is 0. The van der Waals surface area contributed by atoms with Crippen molar-refractivity contribution in [2.45, 2.75) is 5.03 Å². The van der Waals surface area contributed by atoms with E-state index < -0.39 is 10.0 Å². The third kappa shape index (κ3) is 2.28. The Kier molecular flexibility index (Phi) is 2.99. The van der Waals surface area contributed by atoms with Gasteiger partial charge in [-0.2, -0.15) is 13.5 Å². The predicted molar refractivity (Wildman–Crippen MR) is 73.0 cm³/mol. The van der Waals surface area contributed by atoms with Crippen LogP contribution in [-0.2, 0) is 10.0 Å². The fourth-order valence-electron chi connectivity index (χ4n) is 1.76. The van der Waals surface area contributed by atoms with Crippen molar-refractivity contribution in [1.29, 1.82) is 0 Å². The van der Waals surface area contributed by atoms with Crippen LogP contribution in [0.25, 0.3) is 5.69 Å². The van der Waals surface area contributed by atoms with Crippen molar-refractivity contribution in [3.63, 3.8) is 0 Å². The second-order valence-electron chi connectivity index (χ2n) is 3.99. The molecule has 0 fully saturated rings. The van der Waals surface area contributed by atoms with Gasteiger partial charge in [-0.05, 0) is 18.2 Å². The number of imidazole rings is 1. The minimum absolute atomic E-state index is 0.00719. The van der Waals surface area contributed by atoms with E-state index in [1.807, 2.05) is 6.07 Å². The smallest absolute Gasteiger partial charge is 0.279 e. The molecule has 0 amide bonds. The van der Waals surface area contributed by atoms with Gasteiger partial charge in [-0.1, -0.05) is 12.1 Å². The Labute approximate surface area is 115 Å². The second kappa shape index (κ2) is 4.82. The number of aromatic amines is 1. The molecular formula is C12H11N5O2S.